The van der Waals surface area contributed by atoms with Crippen LogP contribution < -0.4 is 0 Å². The zero-order chi connectivity index (χ0) is 70.2. The van der Waals surface area contributed by atoms with Gasteiger partial charge in [0.25, 0.3) is 0 Å². The van der Waals surface area contributed by atoms with Gasteiger partial charge >= 0.3 is 0 Å². The molecule has 35 nitrogen and oxygen atoms in total. The van der Waals surface area contributed by atoms with Gasteiger partial charge in [0.2, 0.25) is 0 Å². The summed E-state index contributed by atoms with van der Waals surface area (Å²) in [5, 5.41) is 12.6. The van der Waals surface area contributed by atoms with Gasteiger partial charge in [0, 0.05) is 142 Å². The maximum Gasteiger partial charge on any atom is 0.187 e. The van der Waals surface area contributed by atoms with Crippen molar-refractivity contribution in [1.82, 2.24) is 0 Å². The zero-order valence-corrected chi connectivity index (χ0v) is 59.5. The van der Waals surface area contributed by atoms with Gasteiger partial charge in [-0.25, -0.2) is 0 Å². The standard InChI is InChI=1S/C62H110O35/c1-64-21-28-36-35(63)43(71-8)56(84-28)92-37-29(22-65-2)86-58(51(79-16)44(37)72-9)94-39-31(24-67-4)88-60(53(81-18)46(39)74-11)96-41-33(26-69-6)90-62(55(83-20)48(41)76-13)97-42-34(27-70-7)89-61(54(82-19)49(42)77-14)95-40-32(25-68-5)87-59(52(80-17)47(40)75-12)93-38-30(23-66-3)85-57(91-36)50(78-15)45(38)73-10/h28-63H,21-27H2,1-20H3/t28-,29-,30-,31-,32-,33-,34-,35+,36-,37-,38-,39-,40-,41-,42-,43-,44+,45-,46+,47-,48+,49-,50-,51-,52-,53-,54-,55-,56-,57-,58-,59-,60-,61-,62-/m1/s1. The summed E-state index contributed by atoms with van der Waals surface area (Å²) in [5.74, 6) is 0. The fourth-order valence-electron chi connectivity index (χ4n) is 14.6. The number of hydrogen-bond acceptors (Lipinski definition) is 35. The summed E-state index contributed by atoms with van der Waals surface area (Å²) < 4.78 is 218. The van der Waals surface area contributed by atoms with Crippen LogP contribution in [0.5, 0.6) is 0 Å². The van der Waals surface area contributed by atoms with E-state index >= 15 is 0 Å². The third-order valence-electron chi connectivity index (χ3n) is 19.1. The topological polar surface area (TPSA) is 334 Å². The molecule has 1 N–H and O–H groups in total. The minimum atomic E-state index is -1.50. The predicted octanol–water partition coefficient (Wildman–Crippen LogP) is -2.15. The van der Waals surface area contributed by atoms with Gasteiger partial charge in [0.15, 0.2) is 44.0 Å². The van der Waals surface area contributed by atoms with Crippen LogP contribution in [0.4, 0.5) is 0 Å². The molecule has 21 aliphatic heterocycles. The molecule has 0 amide bonds. The molecule has 0 aromatic rings. The average molecular weight is 1420 g/mol. The summed E-state index contributed by atoms with van der Waals surface area (Å²) in [6.07, 6.45) is -37.8. The van der Waals surface area contributed by atoms with E-state index in [1.165, 1.54) is 142 Å². The number of rotatable bonds is 27. The van der Waals surface area contributed by atoms with Crippen molar-refractivity contribution in [2.24, 2.45) is 0 Å². The Bertz CT molecular complexity index is 2170. The molecule has 21 saturated heterocycles. The number of aliphatic hydroxyl groups is 1. The summed E-state index contributed by atoms with van der Waals surface area (Å²) in [6.45, 7) is -0.456. The van der Waals surface area contributed by atoms with E-state index < -0.39 is 215 Å². The van der Waals surface area contributed by atoms with E-state index in [1.54, 1.807) is 0 Å². The summed E-state index contributed by atoms with van der Waals surface area (Å²) >= 11 is 0. The van der Waals surface area contributed by atoms with Gasteiger partial charge in [-0.15, -0.1) is 0 Å². The van der Waals surface area contributed by atoms with Gasteiger partial charge < -0.3 is 166 Å². The monoisotopic (exact) mass is 1410 g/mol. The Balaban J connectivity index is 1.23. The van der Waals surface area contributed by atoms with Crippen molar-refractivity contribution in [2.75, 3.05) is 188 Å². The van der Waals surface area contributed by atoms with Gasteiger partial charge in [0.1, 0.15) is 171 Å². The molecule has 35 heteroatoms. The molecule has 97 heavy (non-hydrogen) atoms. The van der Waals surface area contributed by atoms with Crippen LogP contribution in [0.15, 0.2) is 0 Å². The summed E-state index contributed by atoms with van der Waals surface area (Å²) in [6, 6.07) is 0. The normalized spacial score (nSPS) is 46.4. The summed E-state index contributed by atoms with van der Waals surface area (Å²) in [4.78, 5) is 0. The van der Waals surface area contributed by atoms with Gasteiger partial charge in [0.05, 0.1) is 46.2 Å². The molecule has 21 heterocycles. The van der Waals surface area contributed by atoms with Crippen LogP contribution in [0.2, 0.25) is 0 Å². The molecular weight excluding hydrogens is 1300 g/mol. The highest BCUT2D eigenvalue weighted by atomic mass is 16.8. The molecule has 35 atom stereocenters. The molecule has 0 aromatic heterocycles. The van der Waals surface area contributed by atoms with E-state index in [0.29, 0.717) is 0 Å². The molecule has 568 valence electrons. The Morgan fingerprint density at radius 1 is 0.175 bits per heavy atom. The van der Waals surface area contributed by atoms with Crippen LogP contribution in [0.25, 0.3) is 0 Å². The highest BCUT2D eigenvalue weighted by Crippen LogP contribution is 2.43. The minimum absolute atomic E-state index is 0.0444. The lowest BCUT2D eigenvalue weighted by Gasteiger charge is -2.52. The molecule has 14 bridgehead atoms. The van der Waals surface area contributed by atoms with Crippen molar-refractivity contribution in [3.63, 3.8) is 0 Å². The average Bonchev–Trinajstić information content (AvgIpc) is 0.810. The molecule has 0 aliphatic carbocycles. The van der Waals surface area contributed by atoms with Crippen molar-refractivity contribution in [3.05, 3.63) is 0 Å². The SMILES string of the molecule is COC[C@H]1O[C@@H]2O[C@H]3[C@H](OC)[C@@H](OC)[C@@H](O[C@H]4[C@H](OC)[C@@H](OC)[C@@H](O[C@H]5[C@H](OC)[C@@H](OC)[C@@H](O[C@H]6[C@@H](OC)[C@@H](OC)[C@@H](O[C@H]7[C@@H](OC)[C@@H](OC)[C@@H](O[C@H]8[C@@H](OC)[C@@H](OC)[C@@H](O[C@H]1[C@H](O)[C@H]2OC)O[C@@H]8COC)O[C@@H]7COC)O[C@@H]6COC)O[C@@H]5COC)O[C@@H]4COC)O[C@@H]3COC. The van der Waals surface area contributed by atoms with E-state index in [0.717, 1.165) is 0 Å². The smallest absolute Gasteiger partial charge is 0.187 e. The molecule has 0 radical (unpaired) electrons. The number of methoxy groups -OCH3 is 20. The second-order valence-corrected chi connectivity index (χ2v) is 24.3. The molecule has 21 fully saturated rings. The second kappa shape index (κ2) is 39.6. The van der Waals surface area contributed by atoms with Crippen LogP contribution in [-0.4, -0.2) is 408 Å². The van der Waals surface area contributed by atoms with Crippen molar-refractivity contribution < 1.29 is 166 Å². The molecule has 0 unspecified atom stereocenters. The molecule has 0 saturated carbocycles. The van der Waals surface area contributed by atoms with Crippen LogP contribution in [0.3, 0.4) is 0 Å². The van der Waals surface area contributed by atoms with Crippen LogP contribution >= 0.6 is 0 Å². The molecule has 21 aliphatic rings. The highest BCUT2D eigenvalue weighted by Gasteiger charge is 2.62. The first-order valence-electron chi connectivity index (χ1n) is 32.3. The van der Waals surface area contributed by atoms with Gasteiger partial charge in [-0.2, -0.15) is 0 Å². The maximum atomic E-state index is 12.6. The lowest BCUT2D eigenvalue weighted by Crippen LogP contribution is -2.69. The summed E-state index contributed by atoms with van der Waals surface area (Å²) in [7, 11) is 29.8. The third-order valence-corrected chi connectivity index (χ3v) is 19.1. The van der Waals surface area contributed by atoms with E-state index in [-0.39, 0.29) is 46.2 Å². The molecule has 0 aromatic carbocycles. The van der Waals surface area contributed by atoms with Gasteiger partial charge in [-0.1, -0.05) is 0 Å². The van der Waals surface area contributed by atoms with Crippen molar-refractivity contribution in [2.45, 2.75) is 215 Å². The molecular formula is C62H110O35. The molecule has 21 rings (SSSR count). The largest absolute Gasteiger partial charge is 0.387 e. The zero-order valence-electron chi connectivity index (χ0n) is 59.5. The van der Waals surface area contributed by atoms with Crippen LogP contribution in [-0.2, 0) is 161 Å². The molecule has 0 spiro atoms. The second-order valence-electron chi connectivity index (χ2n) is 24.3. The maximum absolute atomic E-state index is 12.6. The first-order valence-corrected chi connectivity index (χ1v) is 32.3. The predicted molar refractivity (Wildman–Crippen MR) is 324 cm³/mol. The Labute approximate surface area is 568 Å². The fourth-order valence-corrected chi connectivity index (χ4v) is 14.6. The van der Waals surface area contributed by atoms with Gasteiger partial charge in [-0.05, 0) is 0 Å². The number of hydrogen-bond donors (Lipinski definition) is 1. The lowest BCUT2D eigenvalue weighted by molar-refractivity contribution is -0.402. The van der Waals surface area contributed by atoms with Crippen molar-refractivity contribution >= 4 is 0 Å². The minimum Gasteiger partial charge on any atom is -0.387 e. The van der Waals surface area contributed by atoms with Crippen molar-refractivity contribution in [3.8, 4) is 0 Å². The first kappa shape index (κ1) is 81.3. The van der Waals surface area contributed by atoms with Gasteiger partial charge in [-0.3, -0.25) is 0 Å². The Morgan fingerprint density at radius 2 is 0.309 bits per heavy atom. The van der Waals surface area contributed by atoms with E-state index in [9.17, 15) is 5.11 Å². The third kappa shape index (κ3) is 17.8. The van der Waals surface area contributed by atoms with E-state index in [4.69, 9.17) is 161 Å². The Kier molecular flexibility index (Phi) is 33.2. The lowest BCUT2D eigenvalue weighted by atomic mass is 9.94. The fraction of sp³-hybridized carbons (Fsp3) is 1.00. The first-order chi connectivity index (χ1) is 47.1. The summed E-state index contributed by atoms with van der Waals surface area (Å²) in [5.41, 5.74) is 0. The van der Waals surface area contributed by atoms with Crippen LogP contribution in [0, 0.1) is 0 Å². The van der Waals surface area contributed by atoms with Crippen molar-refractivity contribution in [1.29, 1.82) is 0 Å². The number of ether oxygens (including phenoxy) is 34. The van der Waals surface area contributed by atoms with E-state index in [2.05, 4.69) is 0 Å². The van der Waals surface area contributed by atoms with Crippen LogP contribution in [0.1, 0.15) is 0 Å². The Hall–Kier alpha value is -1.40. The quantitative estimate of drug-likeness (QED) is 0.0916. The highest BCUT2D eigenvalue weighted by molar-refractivity contribution is 5.04. The van der Waals surface area contributed by atoms with E-state index in [1.807, 2.05) is 0 Å². The number of aliphatic hydroxyl groups excluding tert-OH is 1. The Morgan fingerprint density at radius 3 is 0.454 bits per heavy atom.